The van der Waals surface area contributed by atoms with Gasteiger partial charge >= 0.3 is 0 Å². The number of rotatable bonds is 4. The SMILES string of the molecule is Cc1ccc(SCc2nc(CN)n[nH]2)cc1. The highest BCUT2D eigenvalue weighted by atomic mass is 32.2. The zero-order chi connectivity index (χ0) is 11.4. The van der Waals surface area contributed by atoms with Gasteiger partial charge in [-0.2, -0.15) is 5.10 Å². The van der Waals surface area contributed by atoms with Crippen molar-refractivity contribution in [3.8, 4) is 0 Å². The van der Waals surface area contributed by atoms with E-state index in [1.54, 1.807) is 11.8 Å². The highest BCUT2D eigenvalue weighted by molar-refractivity contribution is 7.98. The van der Waals surface area contributed by atoms with Gasteiger partial charge in [0.05, 0.1) is 12.3 Å². The van der Waals surface area contributed by atoms with Crippen LogP contribution in [0.4, 0.5) is 0 Å². The number of aromatic nitrogens is 3. The van der Waals surface area contributed by atoms with E-state index in [9.17, 15) is 0 Å². The Hall–Kier alpha value is -1.33. The number of aryl methyl sites for hydroxylation is 1. The molecule has 1 heterocycles. The molecule has 0 unspecified atom stereocenters. The summed E-state index contributed by atoms with van der Waals surface area (Å²) in [4.78, 5) is 5.48. The average Bonchev–Trinajstić information content (AvgIpc) is 2.76. The molecule has 0 amide bonds. The van der Waals surface area contributed by atoms with Crippen molar-refractivity contribution in [2.75, 3.05) is 0 Å². The molecule has 2 aromatic rings. The van der Waals surface area contributed by atoms with E-state index in [-0.39, 0.29) is 0 Å². The molecule has 16 heavy (non-hydrogen) atoms. The van der Waals surface area contributed by atoms with Crippen LogP contribution in [0, 0.1) is 6.92 Å². The fourth-order valence-corrected chi connectivity index (χ4v) is 2.04. The smallest absolute Gasteiger partial charge is 0.164 e. The van der Waals surface area contributed by atoms with Gasteiger partial charge in [-0.3, -0.25) is 5.10 Å². The number of hydrogen-bond acceptors (Lipinski definition) is 4. The molecule has 0 radical (unpaired) electrons. The van der Waals surface area contributed by atoms with Crippen molar-refractivity contribution in [1.82, 2.24) is 15.2 Å². The van der Waals surface area contributed by atoms with E-state index in [0.717, 1.165) is 11.6 Å². The standard InChI is InChI=1S/C11H14N4S/c1-8-2-4-9(5-3-8)16-7-11-13-10(6-12)14-15-11/h2-5H,6-7,12H2,1H3,(H,13,14,15). The molecule has 3 N–H and O–H groups in total. The third kappa shape index (κ3) is 2.84. The van der Waals surface area contributed by atoms with Gasteiger partial charge in [0, 0.05) is 4.90 Å². The maximum absolute atomic E-state index is 5.44. The Kier molecular flexibility index (Phi) is 3.58. The van der Waals surface area contributed by atoms with Gasteiger partial charge in [0.15, 0.2) is 5.82 Å². The lowest BCUT2D eigenvalue weighted by Crippen LogP contribution is -1.98. The van der Waals surface area contributed by atoms with E-state index < -0.39 is 0 Å². The molecule has 1 aromatic carbocycles. The number of H-pyrrole nitrogens is 1. The molecule has 0 aliphatic rings. The van der Waals surface area contributed by atoms with Crippen molar-refractivity contribution in [2.45, 2.75) is 24.1 Å². The number of aromatic amines is 1. The molecule has 0 atom stereocenters. The fraction of sp³-hybridized carbons (Fsp3) is 0.273. The van der Waals surface area contributed by atoms with Gasteiger partial charge < -0.3 is 5.73 Å². The Labute approximate surface area is 98.7 Å². The predicted molar refractivity (Wildman–Crippen MR) is 65.0 cm³/mol. The molecule has 4 nitrogen and oxygen atoms in total. The molecule has 0 aliphatic heterocycles. The van der Waals surface area contributed by atoms with Gasteiger partial charge in [0.25, 0.3) is 0 Å². The predicted octanol–water partition coefficient (Wildman–Crippen LogP) is 1.86. The molecule has 84 valence electrons. The number of thioether (sulfide) groups is 1. The maximum atomic E-state index is 5.44. The zero-order valence-electron chi connectivity index (χ0n) is 9.10. The van der Waals surface area contributed by atoms with Crippen LogP contribution in [-0.2, 0) is 12.3 Å². The van der Waals surface area contributed by atoms with Crippen LogP contribution in [0.3, 0.4) is 0 Å². The first-order valence-corrected chi connectivity index (χ1v) is 6.06. The Balaban J connectivity index is 1.94. The Morgan fingerprint density at radius 2 is 2.06 bits per heavy atom. The lowest BCUT2D eigenvalue weighted by Gasteiger charge is -1.99. The molecule has 1 aromatic heterocycles. The molecule has 0 fully saturated rings. The molecule has 0 bridgehead atoms. The maximum Gasteiger partial charge on any atom is 0.164 e. The number of nitrogens with two attached hydrogens (primary N) is 1. The van der Waals surface area contributed by atoms with E-state index in [0.29, 0.717) is 12.4 Å². The van der Waals surface area contributed by atoms with Gasteiger partial charge in [-0.25, -0.2) is 4.98 Å². The minimum Gasteiger partial charge on any atom is -0.324 e. The monoisotopic (exact) mass is 234 g/mol. The van der Waals surface area contributed by atoms with Gasteiger partial charge in [-0.05, 0) is 19.1 Å². The summed E-state index contributed by atoms with van der Waals surface area (Å²) in [6.45, 7) is 2.46. The summed E-state index contributed by atoms with van der Waals surface area (Å²) in [5, 5.41) is 6.86. The summed E-state index contributed by atoms with van der Waals surface area (Å²) >= 11 is 1.73. The van der Waals surface area contributed by atoms with Crippen molar-refractivity contribution in [2.24, 2.45) is 5.73 Å². The highest BCUT2D eigenvalue weighted by Gasteiger charge is 2.02. The second-order valence-electron chi connectivity index (χ2n) is 3.50. The summed E-state index contributed by atoms with van der Waals surface area (Å²) < 4.78 is 0. The number of benzene rings is 1. The summed E-state index contributed by atoms with van der Waals surface area (Å²) in [7, 11) is 0. The van der Waals surface area contributed by atoms with E-state index >= 15 is 0 Å². The van der Waals surface area contributed by atoms with Gasteiger partial charge in [0.1, 0.15) is 5.82 Å². The Bertz CT molecular complexity index is 449. The van der Waals surface area contributed by atoms with Crippen LogP contribution < -0.4 is 5.73 Å². The Morgan fingerprint density at radius 3 is 2.69 bits per heavy atom. The summed E-state index contributed by atoms with van der Waals surface area (Å²) in [5.74, 6) is 2.32. The van der Waals surface area contributed by atoms with Crippen LogP contribution in [0.2, 0.25) is 0 Å². The van der Waals surface area contributed by atoms with Crippen LogP contribution in [-0.4, -0.2) is 15.2 Å². The third-order valence-corrected chi connectivity index (χ3v) is 3.18. The first-order valence-electron chi connectivity index (χ1n) is 5.07. The lowest BCUT2D eigenvalue weighted by molar-refractivity contribution is 0.916. The van der Waals surface area contributed by atoms with Crippen LogP contribution in [0.1, 0.15) is 17.2 Å². The molecule has 0 saturated heterocycles. The molecule has 0 saturated carbocycles. The van der Waals surface area contributed by atoms with Crippen LogP contribution >= 0.6 is 11.8 Å². The van der Waals surface area contributed by atoms with E-state index in [4.69, 9.17) is 5.73 Å². The normalized spacial score (nSPS) is 10.6. The second kappa shape index (κ2) is 5.14. The molecule has 0 aliphatic carbocycles. The lowest BCUT2D eigenvalue weighted by atomic mass is 10.2. The molecule has 2 rings (SSSR count). The number of hydrogen-bond donors (Lipinski definition) is 2. The summed E-state index contributed by atoms with van der Waals surface area (Å²) in [6, 6.07) is 8.43. The minimum absolute atomic E-state index is 0.381. The second-order valence-corrected chi connectivity index (χ2v) is 4.55. The molecular formula is C11H14N4S. The van der Waals surface area contributed by atoms with Crippen molar-refractivity contribution < 1.29 is 0 Å². The highest BCUT2D eigenvalue weighted by Crippen LogP contribution is 2.21. The molecular weight excluding hydrogens is 220 g/mol. The molecule has 0 spiro atoms. The number of nitrogens with zero attached hydrogens (tertiary/aromatic N) is 2. The van der Waals surface area contributed by atoms with E-state index in [2.05, 4.69) is 46.4 Å². The van der Waals surface area contributed by atoms with Gasteiger partial charge in [-0.15, -0.1) is 11.8 Å². The summed E-state index contributed by atoms with van der Waals surface area (Å²) in [6.07, 6.45) is 0. The zero-order valence-corrected chi connectivity index (χ0v) is 9.92. The average molecular weight is 234 g/mol. The first-order chi connectivity index (χ1) is 7.78. The topological polar surface area (TPSA) is 67.6 Å². The minimum atomic E-state index is 0.381. The van der Waals surface area contributed by atoms with Crippen molar-refractivity contribution in [1.29, 1.82) is 0 Å². The van der Waals surface area contributed by atoms with Crippen LogP contribution in [0.15, 0.2) is 29.2 Å². The van der Waals surface area contributed by atoms with E-state index in [1.807, 2.05) is 0 Å². The third-order valence-electron chi connectivity index (χ3n) is 2.16. The van der Waals surface area contributed by atoms with Crippen LogP contribution in [0.25, 0.3) is 0 Å². The Morgan fingerprint density at radius 1 is 1.31 bits per heavy atom. The van der Waals surface area contributed by atoms with Crippen molar-refractivity contribution in [3.63, 3.8) is 0 Å². The van der Waals surface area contributed by atoms with Crippen molar-refractivity contribution in [3.05, 3.63) is 41.5 Å². The van der Waals surface area contributed by atoms with Gasteiger partial charge in [0.2, 0.25) is 0 Å². The van der Waals surface area contributed by atoms with Crippen molar-refractivity contribution >= 4 is 11.8 Å². The summed E-state index contributed by atoms with van der Waals surface area (Å²) in [5.41, 5.74) is 6.71. The molecule has 5 heteroatoms. The van der Waals surface area contributed by atoms with Crippen LogP contribution in [0.5, 0.6) is 0 Å². The number of nitrogens with one attached hydrogen (secondary N) is 1. The van der Waals surface area contributed by atoms with Gasteiger partial charge in [-0.1, -0.05) is 17.7 Å². The fourth-order valence-electron chi connectivity index (χ4n) is 1.28. The first kappa shape index (κ1) is 11.2. The quantitative estimate of drug-likeness (QED) is 0.792. The van der Waals surface area contributed by atoms with E-state index in [1.165, 1.54) is 10.5 Å². The largest absolute Gasteiger partial charge is 0.324 e.